The molecule has 0 saturated carbocycles. The van der Waals surface area contributed by atoms with E-state index in [9.17, 15) is 18.4 Å². The van der Waals surface area contributed by atoms with Crippen LogP contribution in [0.5, 0.6) is 5.88 Å². The van der Waals surface area contributed by atoms with E-state index in [0.717, 1.165) is 28.4 Å². The first-order chi connectivity index (χ1) is 19.4. The van der Waals surface area contributed by atoms with E-state index in [1.165, 1.54) is 24.3 Å². The first-order valence-corrected chi connectivity index (χ1v) is 14.4. The number of hydrogen-bond acceptors (Lipinski definition) is 11. The summed E-state index contributed by atoms with van der Waals surface area (Å²) in [5.41, 5.74) is 1.60. The lowest BCUT2D eigenvalue weighted by Gasteiger charge is -2.11. The minimum atomic E-state index is -4.23. The van der Waals surface area contributed by atoms with Gasteiger partial charge in [-0.25, -0.2) is 18.4 Å². The van der Waals surface area contributed by atoms with Crippen LogP contribution in [0.3, 0.4) is 0 Å². The Morgan fingerprint density at radius 2 is 1.68 bits per heavy atom. The number of carbonyl (C=O) groups excluding carboxylic acids is 1. The van der Waals surface area contributed by atoms with Gasteiger partial charge in [0.05, 0.1) is 27.9 Å². The molecule has 0 aliphatic carbocycles. The molecule has 0 unspecified atom stereocenters. The molecule has 2 aromatic heterocycles. The lowest BCUT2D eigenvalue weighted by Crippen LogP contribution is -2.32. The maximum Gasteiger partial charge on any atom is 0.415 e. The number of fused-ring (bicyclic) bond motifs is 1. The number of nitrogens with zero attached hydrogens (tertiary/aromatic N) is 4. The van der Waals surface area contributed by atoms with Gasteiger partial charge in [-0.1, -0.05) is 60.3 Å². The molecule has 0 atom stereocenters. The first kappa shape index (κ1) is 26.9. The second-order valence-corrected chi connectivity index (χ2v) is 11.0. The van der Waals surface area contributed by atoms with Crippen LogP contribution in [-0.4, -0.2) is 48.4 Å². The fourth-order valence-corrected chi connectivity index (χ4v) is 5.61. The normalized spacial score (nSPS) is 11.3. The van der Waals surface area contributed by atoms with Crippen molar-refractivity contribution >= 4 is 49.9 Å². The molecule has 5 aromatic rings. The zero-order valence-electron chi connectivity index (χ0n) is 20.8. The van der Waals surface area contributed by atoms with Gasteiger partial charge in [0.2, 0.25) is 5.91 Å². The molecule has 14 heteroatoms. The van der Waals surface area contributed by atoms with E-state index in [1.807, 2.05) is 54.6 Å². The number of hydrogen-bond donors (Lipinski definition) is 2. The van der Waals surface area contributed by atoms with Gasteiger partial charge in [-0.3, -0.25) is 9.42 Å². The van der Waals surface area contributed by atoms with Crippen LogP contribution in [0.2, 0.25) is 0 Å². The van der Waals surface area contributed by atoms with Gasteiger partial charge in [-0.2, -0.15) is 0 Å². The summed E-state index contributed by atoms with van der Waals surface area (Å²) < 4.78 is 35.4. The number of rotatable bonds is 11. The van der Waals surface area contributed by atoms with Crippen molar-refractivity contribution in [2.45, 2.75) is 15.1 Å². The Morgan fingerprint density at radius 3 is 2.45 bits per heavy atom. The zero-order valence-corrected chi connectivity index (χ0v) is 22.4. The van der Waals surface area contributed by atoms with E-state index >= 15 is 0 Å². The van der Waals surface area contributed by atoms with Crippen LogP contribution < -0.4 is 20.3 Å². The van der Waals surface area contributed by atoms with Crippen LogP contribution in [0.25, 0.3) is 10.9 Å². The summed E-state index contributed by atoms with van der Waals surface area (Å²) in [6, 6.07) is 24.5. The van der Waals surface area contributed by atoms with E-state index in [2.05, 4.69) is 30.4 Å². The van der Waals surface area contributed by atoms with Crippen LogP contribution in [0.1, 0.15) is 0 Å². The second-order valence-electron chi connectivity index (χ2n) is 8.21. The molecule has 0 fully saturated rings. The van der Waals surface area contributed by atoms with Crippen molar-refractivity contribution in [1.29, 1.82) is 0 Å². The predicted octanol–water partition coefficient (Wildman–Crippen LogP) is 3.11. The van der Waals surface area contributed by atoms with Gasteiger partial charge < -0.3 is 20.6 Å². The standard InChI is InChI=1S/C26H22N6O6S2/c33-22(27-15-16-37-24-25(32(34)38-31-24)40(35,36)19-11-5-2-6-12-19)17-39-26-29-21-14-8-7-13-20(21)23(30-26)28-18-9-3-1-4-10-18/h1-14H,15-17H2,(H,27,33)(H,28,29,30). The summed E-state index contributed by atoms with van der Waals surface area (Å²) in [5, 5.41) is 21.8. The molecule has 1 amide bonds. The Hall–Kier alpha value is -4.69. The molecule has 12 nitrogen and oxygen atoms in total. The fraction of sp³-hybridized carbons (Fsp3) is 0.115. The Morgan fingerprint density at radius 1 is 0.975 bits per heavy atom. The molecule has 0 saturated heterocycles. The lowest BCUT2D eigenvalue weighted by atomic mass is 10.2. The largest absolute Gasteiger partial charge is 0.453 e. The Kier molecular flexibility index (Phi) is 8.07. The van der Waals surface area contributed by atoms with E-state index in [4.69, 9.17) is 4.74 Å². The van der Waals surface area contributed by atoms with Gasteiger partial charge >= 0.3 is 10.9 Å². The molecule has 0 spiro atoms. The monoisotopic (exact) mass is 578 g/mol. The number of sulfone groups is 1. The molecule has 40 heavy (non-hydrogen) atoms. The average molecular weight is 579 g/mol. The molecular formula is C26H22N6O6S2. The molecule has 204 valence electrons. The van der Waals surface area contributed by atoms with Crippen molar-refractivity contribution < 1.29 is 27.5 Å². The summed E-state index contributed by atoms with van der Waals surface area (Å²) in [7, 11) is -4.23. The topological polar surface area (TPSA) is 163 Å². The molecule has 0 radical (unpaired) electrons. The van der Waals surface area contributed by atoms with Gasteiger partial charge in [0.15, 0.2) is 5.16 Å². The van der Waals surface area contributed by atoms with Crippen molar-refractivity contribution in [3.05, 3.63) is 90.1 Å². The highest BCUT2D eigenvalue weighted by atomic mass is 32.2. The van der Waals surface area contributed by atoms with Crippen molar-refractivity contribution in [3.8, 4) is 5.88 Å². The molecule has 2 N–H and O–H groups in total. The second kappa shape index (κ2) is 12.0. The number of thioether (sulfide) groups is 1. The summed E-state index contributed by atoms with van der Waals surface area (Å²) in [6.45, 7) is -0.132. The van der Waals surface area contributed by atoms with Crippen LogP contribution >= 0.6 is 11.8 Å². The van der Waals surface area contributed by atoms with E-state index in [-0.39, 0.29) is 34.6 Å². The van der Waals surface area contributed by atoms with E-state index in [0.29, 0.717) is 11.0 Å². The molecule has 0 bridgehead atoms. The summed E-state index contributed by atoms with van der Waals surface area (Å²) in [6.07, 6.45) is 0. The Bertz CT molecular complexity index is 1730. The highest BCUT2D eigenvalue weighted by molar-refractivity contribution is 7.99. The number of aromatic nitrogens is 4. The number of ether oxygens (including phenoxy) is 1. The summed E-state index contributed by atoms with van der Waals surface area (Å²) >= 11 is 1.16. The minimum Gasteiger partial charge on any atom is -0.453 e. The summed E-state index contributed by atoms with van der Waals surface area (Å²) in [4.78, 5) is 21.2. The Balaban J connectivity index is 1.17. The molecule has 2 heterocycles. The van der Waals surface area contributed by atoms with Gasteiger partial charge in [0.1, 0.15) is 12.4 Å². The maximum absolute atomic E-state index is 12.8. The number of para-hydroxylation sites is 2. The van der Waals surface area contributed by atoms with Crippen molar-refractivity contribution in [2.75, 3.05) is 24.2 Å². The van der Waals surface area contributed by atoms with Crippen LogP contribution in [-0.2, 0) is 14.6 Å². The predicted molar refractivity (Wildman–Crippen MR) is 146 cm³/mol. The van der Waals surface area contributed by atoms with Crippen LogP contribution in [0.15, 0.2) is 105 Å². The third kappa shape index (κ3) is 6.13. The minimum absolute atomic E-state index is 0.0231. The zero-order chi connectivity index (χ0) is 28.0. The molecule has 0 aliphatic heterocycles. The van der Waals surface area contributed by atoms with Gasteiger partial charge in [-0.15, -0.1) is 0 Å². The van der Waals surface area contributed by atoms with Crippen LogP contribution in [0, 0.1) is 5.21 Å². The van der Waals surface area contributed by atoms with E-state index in [1.54, 1.807) is 6.07 Å². The van der Waals surface area contributed by atoms with Crippen molar-refractivity contribution in [1.82, 2.24) is 20.4 Å². The SMILES string of the molecule is O=C(CSc1nc(Nc2ccccc2)c2ccccc2n1)NCCOc1no[n+]([O-])c1S(=O)(=O)c1ccccc1. The quantitative estimate of drug-likeness (QED) is 0.102. The van der Waals surface area contributed by atoms with Gasteiger partial charge in [0, 0.05) is 11.1 Å². The summed E-state index contributed by atoms with van der Waals surface area (Å²) in [5.74, 6) is -0.163. The van der Waals surface area contributed by atoms with Gasteiger partial charge in [-0.05, 0) is 41.3 Å². The smallest absolute Gasteiger partial charge is 0.415 e. The van der Waals surface area contributed by atoms with Crippen molar-refractivity contribution in [3.63, 3.8) is 0 Å². The fourth-order valence-electron chi connectivity index (χ4n) is 3.63. The Labute approximate surface area is 232 Å². The van der Waals surface area contributed by atoms with Crippen LogP contribution in [0.4, 0.5) is 11.5 Å². The van der Waals surface area contributed by atoms with Gasteiger partial charge in [0.25, 0.3) is 9.84 Å². The molecule has 3 aromatic carbocycles. The lowest BCUT2D eigenvalue weighted by molar-refractivity contribution is -0.832. The average Bonchev–Trinajstić information content (AvgIpc) is 3.36. The number of carbonyl (C=O) groups is 1. The molecule has 0 aliphatic rings. The number of benzene rings is 3. The van der Waals surface area contributed by atoms with E-state index < -0.39 is 20.7 Å². The third-order valence-corrected chi connectivity index (χ3v) is 8.04. The maximum atomic E-state index is 12.8. The highest BCUT2D eigenvalue weighted by Gasteiger charge is 2.35. The molecule has 5 rings (SSSR count). The third-order valence-electron chi connectivity index (χ3n) is 5.47. The highest BCUT2D eigenvalue weighted by Crippen LogP contribution is 2.27. The van der Waals surface area contributed by atoms with Crippen molar-refractivity contribution in [2.24, 2.45) is 0 Å². The number of anilines is 2. The number of nitrogens with one attached hydrogen (secondary N) is 2. The number of amides is 1. The first-order valence-electron chi connectivity index (χ1n) is 11.9. The molecular weight excluding hydrogens is 556 g/mol.